The fourth-order valence-corrected chi connectivity index (χ4v) is 4.94. The van der Waals surface area contributed by atoms with Crippen LogP contribution in [-0.2, 0) is 4.79 Å². The van der Waals surface area contributed by atoms with E-state index in [1.807, 2.05) is 36.1 Å². The molecule has 4 rings (SSSR count). The van der Waals surface area contributed by atoms with Crippen LogP contribution in [0, 0.1) is 6.92 Å². The van der Waals surface area contributed by atoms with Crippen LogP contribution in [0.2, 0.25) is 0 Å². The van der Waals surface area contributed by atoms with Gasteiger partial charge in [-0.25, -0.2) is 4.98 Å². The van der Waals surface area contributed by atoms with E-state index in [4.69, 9.17) is 9.72 Å². The number of carbonyl (C=O) groups excluding carboxylic acids is 1. The van der Waals surface area contributed by atoms with Crippen LogP contribution in [0.3, 0.4) is 0 Å². The predicted octanol–water partition coefficient (Wildman–Crippen LogP) is 5.47. The minimum atomic E-state index is 0.0398. The molecule has 1 unspecified atom stereocenters. The average Bonchev–Trinajstić information content (AvgIpc) is 3.32. The van der Waals surface area contributed by atoms with E-state index >= 15 is 0 Å². The molecule has 0 bridgehead atoms. The molecule has 0 radical (unpaired) electrons. The van der Waals surface area contributed by atoms with E-state index in [9.17, 15) is 4.79 Å². The van der Waals surface area contributed by atoms with Crippen molar-refractivity contribution in [2.45, 2.75) is 45.6 Å². The zero-order valence-corrected chi connectivity index (χ0v) is 17.5. The summed E-state index contributed by atoms with van der Waals surface area (Å²) >= 11 is 1.69. The monoisotopic (exact) mass is 394 g/mol. The molecule has 0 aliphatic carbocycles. The smallest absolute Gasteiger partial charge is 0.261 e. The third-order valence-corrected chi connectivity index (χ3v) is 6.45. The number of rotatable bonds is 5. The Bertz CT molecular complexity index is 962. The fourth-order valence-electron chi connectivity index (χ4n) is 3.82. The summed E-state index contributed by atoms with van der Waals surface area (Å²) in [6.07, 6.45) is 1.97. The highest BCUT2D eigenvalue weighted by molar-refractivity contribution is 7.18. The van der Waals surface area contributed by atoms with E-state index in [-0.39, 0.29) is 18.6 Å². The Morgan fingerprint density at radius 1 is 1.29 bits per heavy atom. The SMILES string of the molecule is Cc1ccc(C(C)C)c(OCC(=O)N2CCCC2c2nc3ccccc3s2)c1. The topological polar surface area (TPSA) is 42.4 Å². The first-order chi connectivity index (χ1) is 13.5. The molecule has 1 fully saturated rings. The number of benzene rings is 2. The lowest BCUT2D eigenvalue weighted by Crippen LogP contribution is -2.34. The molecule has 5 heteroatoms. The number of aromatic nitrogens is 1. The number of amides is 1. The van der Waals surface area contributed by atoms with Crippen molar-refractivity contribution >= 4 is 27.5 Å². The summed E-state index contributed by atoms with van der Waals surface area (Å²) in [4.78, 5) is 19.7. The Kier molecular flexibility index (Phi) is 5.36. The van der Waals surface area contributed by atoms with Gasteiger partial charge in [-0.05, 0) is 55.0 Å². The van der Waals surface area contributed by atoms with Gasteiger partial charge in [0.25, 0.3) is 5.91 Å². The molecule has 1 aliphatic rings. The highest BCUT2D eigenvalue weighted by Crippen LogP contribution is 2.36. The molecule has 28 heavy (non-hydrogen) atoms. The van der Waals surface area contributed by atoms with E-state index in [0.29, 0.717) is 5.92 Å². The second-order valence-electron chi connectivity index (χ2n) is 7.75. The van der Waals surface area contributed by atoms with Gasteiger partial charge in [0.15, 0.2) is 6.61 Å². The van der Waals surface area contributed by atoms with Gasteiger partial charge in [-0.15, -0.1) is 11.3 Å². The maximum Gasteiger partial charge on any atom is 0.261 e. The van der Waals surface area contributed by atoms with Gasteiger partial charge in [-0.3, -0.25) is 4.79 Å². The number of para-hydroxylation sites is 1. The molecule has 1 atom stereocenters. The van der Waals surface area contributed by atoms with Crippen molar-refractivity contribution in [2.75, 3.05) is 13.2 Å². The number of thiazole rings is 1. The molecule has 1 aliphatic heterocycles. The number of hydrogen-bond donors (Lipinski definition) is 0. The predicted molar refractivity (Wildman–Crippen MR) is 114 cm³/mol. The van der Waals surface area contributed by atoms with Crippen molar-refractivity contribution in [3.05, 3.63) is 58.6 Å². The van der Waals surface area contributed by atoms with Crippen LogP contribution >= 0.6 is 11.3 Å². The third-order valence-electron chi connectivity index (χ3n) is 5.31. The van der Waals surface area contributed by atoms with Crippen LogP contribution in [0.1, 0.15) is 54.8 Å². The second-order valence-corrected chi connectivity index (χ2v) is 8.81. The van der Waals surface area contributed by atoms with E-state index < -0.39 is 0 Å². The molecule has 2 aromatic carbocycles. The summed E-state index contributed by atoms with van der Waals surface area (Å²) < 4.78 is 7.16. The van der Waals surface area contributed by atoms with Gasteiger partial charge in [0.05, 0.1) is 16.3 Å². The zero-order valence-electron chi connectivity index (χ0n) is 16.6. The summed E-state index contributed by atoms with van der Waals surface area (Å²) in [5, 5.41) is 1.03. The standard InChI is InChI=1S/C23H26N2O2S/c1-15(2)17-11-10-16(3)13-20(17)27-14-22(26)25-12-6-8-19(25)23-24-18-7-4-5-9-21(18)28-23/h4-5,7,9-11,13,15,19H,6,8,12,14H2,1-3H3. The summed E-state index contributed by atoms with van der Waals surface area (Å²) in [6, 6.07) is 14.4. The second kappa shape index (κ2) is 7.92. The Labute approximate surface area is 170 Å². The molecule has 0 N–H and O–H groups in total. The van der Waals surface area contributed by atoms with E-state index in [2.05, 4.69) is 32.0 Å². The van der Waals surface area contributed by atoms with Crippen LogP contribution in [-0.4, -0.2) is 28.9 Å². The van der Waals surface area contributed by atoms with Crippen LogP contribution in [0.5, 0.6) is 5.75 Å². The van der Waals surface area contributed by atoms with Gasteiger partial charge in [-0.2, -0.15) is 0 Å². The van der Waals surface area contributed by atoms with Gasteiger partial charge in [-0.1, -0.05) is 38.1 Å². The summed E-state index contributed by atoms with van der Waals surface area (Å²) in [6.45, 7) is 7.17. The lowest BCUT2D eigenvalue weighted by molar-refractivity contribution is -0.134. The van der Waals surface area contributed by atoms with Crippen LogP contribution < -0.4 is 4.74 Å². The Balaban J connectivity index is 1.49. The van der Waals surface area contributed by atoms with Gasteiger partial charge in [0.1, 0.15) is 10.8 Å². The number of nitrogens with zero attached hydrogens (tertiary/aromatic N) is 2. The molecule has 4 nitrogen and oxygen atoms in total. The normalized spacial score (nSPS) is 16.9. The van der Waals surface area contributed by atoms with Gasteiger partial charge in [0, 0.05) is 6.54 Å². The fraction of sp³-hybridized carbons (Fsp3) is 0.391. The van der Waals surface area contributed by atoms with Crippen LogP contribution in [0.25, 0.3) is 10.2 Å². The molecule has 0 spiro atoms. The maximum atomic E-state index is 13.0. The lowest BCUT2D eigenvalue weighted by atomic mass is 10.0. The minimum absolute atomic E-state index is 0.0398. The Hall–Kier alpha value is -2.40. The van der Waals surface area contributed by atoms with Crippen LogP contribution in [0.15, 0.2) is 42.5 Å². The largest absolute Gasteiger partial charge is 0.483 e. The first-order valence-corrected chi connectivity index (χ1v) is 10.7. The summed E-state index contributed by atoms with van der Waals surface area (Å²) in [5.74, 6) is 1.21. The van der Waals surface area contributed by atoms with Crippen molar-refractivity contribution in [2.24, 2.45) is 0 Å². The first kappa shape index (κ1) is 18.9. The van der Waals surface area contributed by atoms with E-state index in [0.717, 1.165) is 46.8 Å². The number of carbonyl (C=O) groups is 1. The highest BCUT2D eigenvalue weighted by Gasteiger charge is 2.32. The van der Waals surface area contributed by atoms with Crippen molar-refractivity contribution in [1.29, 1.82) is 0 Å². The van der Waals surface area contributed by atoms with Crippen LogP contribution in [0.4, 0.5) is 0 Å². The van der Waals surface area contributed by atoms with Crippen molar-refractivity contribution in [3.63, 3.8) is 0 Å². The average molecular weight is 395 g/mol. The molecule has 2 heterocycles. The molecular weight excluding hydrogens is 368 g/mol. The van der Waals surface area contributed by atoms with E-state index in [1.165, 1.54) is 4.70 Å². The number of aryl methyl sites for hydroxylation is 1. The minimum Gasteiger partial charge on any atom is -0.483 e. The van der Waals surface area contributed by atoms with E-state index in [1.54, 1.807) is 11.3 Å². The van der Waals surface area contributed by atoms with Crippen molar-refractivity contribution in [3.8, 4) is 5.75 Å². The highest BCUT2D eigenvalue weighted by atomic mass is 32.1. The van der Waals surface area contributed by atoms with Gasteiger partial charge >= 0.3 is 0 Å². The molecule has 1 aromatic heterocycles. The van der Waals surface area contributed by atoms with Crippen molar-refractivity contribution in [1.82, 2.24) is 9.88 Å². The molecule has 146 valence electrons. The van der Waals surface area contributed by atoms with Crippen molar-refractivity contribution < 1.29 is 9.53 Å². The third kappa shape index (κ3) is 3.76. The number of fused-ring (bicyclic) bond motifs is 1. The number of ether oxygens (including phenoxy) is 1. The number of hydrogen-bond acceptors (Lipinski definition) is 4. The molecule has 1 saturated heterocycles. The molecule has 0 saturated carbocycles. The summed E-state index contributed by atoms with van der Waals surface area (Å²) in [7, 11) is 0. The van der Waals surface area contributed by atoms with Gasteiger partial charge in [0.2, 0.25) is 0 Å². The quantitative estimate of drug-likeness (QED) is 0.576. The molecule has 1 amide bonds. The maximum absolute atomic E-state index is 13.0. The molecular formula is C23H26N2O2S. The molecule has 3 aromatic rings. The first-order valence-electron chi connectivity index (χ1n) is 9.91. The Morgan fingerprint density at radius 3 is 2.89 bits per heavy atom. The zero-order chi connectivity index (χ0) is 19.7. The number of likely N-dealkylation sites (tertiary alicyclic amines) is 1. The van der Waals surface area contributed by atoms with Gasteiger partial charge < -0.3 is 9.64 Å². The Morgan fingerprint density at radius 2 is 2.11 bits per heavy atom. The lowest BCUT2D eigenvalue weighted by Gasteiger charge is -2.23. The summed E-state index contributed by atoms with van der Waals surface area (Å²) in [5.41, 5.74) is 3.29.